The fourth-order valence-corrected chi connectivity index (χ4v) is 0.781. The zero-order chi connectivity index (χ0) is 9.07. The van der Waals surface area contributed by atoms with Crippen LogP contribution in [0.5, 0.6) is 0 Å². The van der Waals surface area contributed by atoms with Crippen molar-refractivity contribution < 1.29 is 38.0 Å². The molecule has 0 saturated carbocycles. The number of rotatable bonds is 3. The molecule has 0 aliphatic heterocycles. The third-order valence-corrected chi connectivity index (χ3v) is 1.14. The molecular weight excluding hydrogens is 269 g/mol. The van der Waals surface area contributed by atoms with Gasteiger partial charge in [-0.1, -0.05) is 6.58 Å². The second kappa shape index (κ2) is 5.53. The summed E-state index contributed by atoms with van der Waals surface area (Å²) in [7, 11) is 7.35. The Morgan fingerprint density at radius 1 is 1.42 bits per heavy atom. The predicted molar refractivity (Wildman–Crippen MR) is 44.1 cm³/mol. The highest BCUT2D eigenvalue weighted by molar-refractivity contribution is 5.87. The van der Waals surface area contributed by atoms with E-state index >= 15 is 0 Å². The van der Waals surface area contributed by atoms with Gasteiger partial charge < -0.3 is 33.2 Å². The number of methoxy groups -OCH3 is 1. The molecule has 0 spiro atoms. The molecular formula is C8H16INO2. The van der Waals surface area contributed by atoms with Gasteiger partial charge in [-0.3, -0.25) is 0 Å². The molecule has 0 rings (SSSR count). The van der Waals surface area contributed by atoms with E-state index in [0.29, 0.717) is 16.6 Å². The Balaban J connectivity index is 0. The molecule has 0 fully saturated rings. The molecule has 0 aromatic rings. The van der Waals surface area contributed by atoms with Crippen molar-refractivity contribution in [2.75, 3.05) is 34.8 Å². The topological polar surface area (TPSA) is 26.3 Å². The van der Waals surface area contributed by atoms with Crippen LogP contribution >= 0.6 is 0 Å². The highest BCUT2D eigenvalue weighted by Gasteiger charge is 2.15. The van der Waals surface area contributed by atoms with Crippen molar-refractivity contribution in [3.8, 4) is 0 Å². The van der Waals surface area contributed by atoms with E-state index in [0.717, 1.165) is 0 Å². The minimum absolute atomic E-state index is 0. The van der Waals surface area contributed by atoms with Crippen molar-refractivity contribution in [3.05, 3.63) is 12.2 Å². The Morgan fingerprint density at radius 2 is 1.83 bits per heavy atom. The highest BCUT2D eigenvalue weighted by Crippen LogP contribution is 2.00. The van der Waals surface area contributed by atoms with E-state index in [4.69, 9.17) is 0 Å². The Morgan fingerprint density at radius 3 is 2.08 bits per heavy atom. The first-order valence-electron chi connectivity index (χ1n) is 3.43. The molecule has 3 nitrogen and oxygen atoms in total. The van der Waals surface area contributed by atoms with Gasteiger partial charge in [0, 0.05) is 0 Å². The largest absolute Gasteiger partial charge is 1.00 e. The summed E-state index contributed by atoms with van der Waals surface area (Å²) >= 11 is 0. The SMILES string of the molecule is C=C(C[N+](C)(C)C)C(=O)OC.[I-]. The molecule has 0 saturated heterocycles. The zero-order valence-electron chi connectivity index (χ0n) is 8.06. The number of carbonyl (C=O) groups excluding carboxylic acids is 1. The predicted octanol–water partition coefficient (Wildman–Crippen LogP) is -2.57. The molecule has 12 heavy (non-hydrogen) atoms. The molecule has 0 N–H and O–H groups in total. The van der Waals surface area contributed by atoms with Gasteiger partial charge in [0.15, 0.2) is 0 Å². The van der Waals surface area contributed by atoms with E-state index in [-0.39, 0.29) is 29.9 Å². The van der Waals surface area contributed by atoms with Crippen LogP contribution in [-0.2, 0) is 9.53 Å². The molecule has 0 atom stereocenters. The average molecular weight is 285 g/mol. The second-order valence-corrected chi connectivity index (χ2v) is 3.54. The summed E-state index contributed by atoms with van der Waals surface area (Å²) < 4.78 is 5.20. The number of likely N-dealkylation sites (N-methyl/N-ethyl adjacent to an activating group) is 1. The van der Waals surface area contributed by atoms with Gasteiger partial charge in [0.2, 0.25) is 0 Å². The van der Waals surface area contributed by atoms with Gasteiger partial charge >= 0.3 is 5.97 Å². The van der Waals surface area contributed by atoms with Gasteiger partial charge in [-0.2, -0.15) is 0 Å². The quantitative estimate of drug-likeness (QED) is 0.246. The van der Waals surface area contributed by atoms with Crippen LogP contribution in [-0.4, -0.2) is 45.2 Å². The summed E-state index contributed by atoms with van der Waals surface area (Å²) in [6, 6.07) is 0. The minimum atomic E-state index is -0.321. The van der Waals surface area contributed by atoms with E-state index < -0.39 is 0 Å². The summed E-state index contributed by atoms with van der Waals surface area (Å²) in [5.74, 6) is -0.321. The summed E-state index contributed by atoms with van der Waals surface area (Å²) in [6.07, 6.45) is 0. The fraction of sp³-hybridized carbons (Fsp3) is 0.625. The van der Waals surface area contributed by atoms with Gasteiger partial charge in [0.25, 0.3) is 0 Å². The number of halogens is 1. The number of nitrogens with zero attached hydrogens (tertiary/aromatic N) is 1. The van der Waals surface area contributed by atoms with Gasteiger partial charge in [-0.25, -0.2) is 4.79 Å². The first kappa shape index (κ1) is 14.4. The van der Waals surface area contributed by atoms with Crippen molar-refractivity contribution in [2.45, 2.75) is 0 Å². The second-order valence-electron chi connectivity index (χ2n) is 3.54. The molecule has 0 aliphatic carbocycles. The van der Waals surface area contributed by atoms with Gasteiger partial charge in [-0.15, -0.1) is 0 Å². The van der Waals surface area contributed by atoms with Crippen LogP contribution in [0.3, 0.4) is 0 Å². The lowest BCUT2D eigenvalue weighted by atomic mass is 10.3. The van der Waals surface area contributed by atoms with Crippen molar-refractivity contribution in [1.29, 1.82) is 0 Å². The number of carbonyl (C=O) groups is 1. The van der Waals surface area contributed by atoms with Crippen LogP contribution in [0.15, 0.2) is 12.2 Å². The minimum Gasteiger partial charge on any atom is -1.00 e. The number of esters is 1. The lowest BCUT2D eigenvalue weighted by molar-refractivity contribution is -0.865. The summed E-state index contributed by atoms with van der Waals surface area (Å²) in [4.78, 5) is 10.9. The normalized spacial score (nSPS) is 10.0. The molecule has 4 heteroatoms. The number of hydrogen-bond donors (Lipinski definition) is 0. The third kappa shape index (κ3) is 6.60. The van der Waals surface area contributed by atoms with Crippen LogP contribution in [0, 0.1) is 0 Å². The maximum absolute atomic E-state index is 10.9. The maximum atomic E-state index is 10.9. The fourth-order valence-electron chi connectivity index (χ4n) is 0.781. The first-order valence-corrected chi connectivity index (χ1v) is 3.43. The van der Waals surface area contributed by atoms with E-state index in [1.165, 1.54) is 7.11 Å². The maximum Gasteiger partial charge on any atom is 0.338 e. The summed E-state index contributed by atoms with van der Waals surface area (Å²) in [6.45, 7) is 4.24. The van der Waals surface area contributed by atoms with Crippen LogP contribution in [0.4, 0.5) is 0 Å². The first-order chi connectivity index (χ1) is 4.87. The molecule has 0 aliphatic rings. The Kier molecular flexibility index (Phi) is 6.65. The Labute approximate surface area is 91.0 Å². The number of hydrogen-bond acceptors (Lipinski definition) is 2. The molecule has 0 aromatic heterocycles. The molecule has 0 amide bonds. The molecule has 72 valence electrons. The van der Waals surface area contributed by atoms with Crippen LogP contribution in [0.2, 0.25) is 0 Å². The molecule has 0 radical (unpaired) electrons. The highest BCUT2D eigenvalue weighted by atomic mass is 127. The molecule has 0 heterocycles. The van der Waals surface area contributed by atoms with Crippen molar-refractivity contribution in [2.24, 2.45) is 0 Å². The number of quaternary nitrogens is 1. The molecule has 0 unspecified atom stereocenters. The van der Waals surface area contributed by atoms with Crippen molar-refractivity contribution >= 4 is 5.97 Å². The smallest absolute Gasteiger partial charge is 0.338 e. The Bertz CT molecular complexity index is 172. The van der Waals surface area contributed by atoms with Crippen LogP contribution < -0.4 is 24.0 Å². The molecule has 0 bridgehead atoms. The zero-order valence-corrected chi connectivity index (χ0v) is 10.2. The summed E-state index contributed by atoms with van der Waals surface area (Å²) in [5.41, 5.74) is 0.514. The van der Waals surface area contributed by atoms with Gasteiger partial charge in [-0.05, 0) is 0 Å². The Hall–Kier alpha value is -0.100. The number of ether oxygens (including phenoxy) is 1. The average Bonchev–Trinajstić information content (AvgIpc) is 1.82. The monoisotopic (exact) mass is 285 g/mol. The van der Waals surface area contributed by atoms with Crippen molar-refractivity contribution in [1.82, 2.24) is 0 Å². The van der Waals surface area contributed by atoms with Gasteiger partial charge in [0.1, 0.15) is 6.54 Å². The van der Waals surface area contributed by atoms with E-state index in [1.54, 1.807) is 0 Å². The van der Waals surface area contributed by atoms with E-state index in [9.17, 15) is 4.79 Å². The van der Waals surface area contributed by atoms with Crippen molar-refractivity contribution in [3.63, 3.8) is 0 Å². The molecule has 0 aromatic carbocycles. The summed E-state index contributed by atoms with van der Waals surface area (Å²) in [5, 5.41) is 0. The van der Waals surface area contributed by atoms with Crippen LogP contribution in [0.25, 0.3) is 0 Å². The third-order valence-electron chi connectivity index (χ3n) is 1.14. The van der Waals surface area contributed by atoms with Crippen LogP contribution in [0.1, 0.15) is 0 Å². The standard InChI is InChI=1S/C8H16NO2.HI/c1-7(8(10)11-5)6-9(2,3)4;/h1,6H2,2-5H3;1H/q+1;/p-1. The van der Waals surface area contributed by atoms with E-state index in [2.05, 4.69) is 11.3 Å². The van der Waals surface area contributed by atoms with E-state index in [1.807, 2.05) is 21.1 Å². The van der Waals surface area contributed by atoms with Gasteiger partial charge in [0.05, 0.1) is 33.8 Å². The lowest BCUT2D eigenvalue weighted by Crippen LogP contribution is -3.00. The lowest BCUT2D eigenvalue weighted by Gasteiger charge is -2.23.